The molecule has 166 valence electrons. The van der Waals surface area contributed by atoms with Crippen molar-refractivity contribution in [3.05, 3.63) is 84.0 Å². The summed E-state index contributed by atoms with van der Waals surface area (Å²) in [5.41, 5.74) is 10.4. The number of pyridine rings is 1. The Morgan fingerprint density at radius 2 is 1.94 bits per heavy atom. The Kier molecular flexibility index (Phi) is 7.35. The van der Waals surface area contributed by atoms with Gasteiger partial charge in [0, 0.05) is 54.9 Å². The van der Waals surface area contributed by atoms with Gasteiger partial charge in [0.15, 0.2) is 0 Å². The molecule has 0 saturated carbocycles. The predicted molar refractivity (Wildman–Crippen MR) is 137 cm³/mol. The first-order valence-corrected chi connectivity index (χ1v) is 11.8. The smallest absolute Gasteiger partial charge is 0.144 e. The molecule has 0 spiro atoms. The Morgan fingerprint density at radius 1 is 1.09 bits per heavy atom. The van der Waals surface area contributed by atoms with Crippen LogP contribution in [0.1, 0.15) is 12.0 Å². The zero-order chi connectivity index (χ0) is 22.3. The molecule has 0 atom stereocenters. The van der Waals surface area contributed by atoms with E-state index in [2.05, 4.69) is 45.6 Å². The molecule has 32 heavy (non-hydrogen) atoms. The maximum absolute atomic E-state index is 6.36. The molecule has 2 N–H and O–H groups in total. The number of ether oxygens (including phenoxy) is 1. The molecule has 0 amide bonds. The summed E-state index contributed by atoms with van der Waals surface area (Å²) in [7, 11) is 1.73. The Morgan fingerprint density at radius 3 is 2.75 bits per heavy atom. The van der Waals surface area contributed by atoms with Crippen LogP contribution in [0.15, 0.2) is 78.5 Å². The highest BCUT2D eigenvalue weighted by Gasteiger charge is 2.21. The minimum absolute atomic E-state index is 0.758. The van der Waals surface area contributed by atoms with Crippen molar-refractivity contribution in [2.24, 2.45) is 5.73 Å². The van der Waals surface area contributed by atoms with E-state index in [0.717, 1.165) is 77.7 Å². The number of nitrogens with two attached hydrogens (primary N) is 1. The molecule has 1 fully saturated rings. The van der Waals surface area contributed by atoms with Crippen LogP contribution in [0.2, 0.25) is 0 Å². The van der Waals surface area contributed by atoms with Gasteiger partial charge in [-0.25, -0.2) is 0 Å². The van der Waals surface area contributed by atoms with Crippen LogP contribution in [0.5, 0.6) is 5.75 Å². The van der Waals surface area contributed by atoms with E-state index in [4.69, 9.17) is 10.5 Å². The second-order valence-corrected chi connectivity index (χ2v) is 8.87. The molecule has 1 aliphatic rings. The van der Waals surface area contributed by atoms with Crippen molar-refractivity contribution in [3.63, 3.8) is 0 Å². The lowest BCUT2D eigenvalue weighted by molar-refractivity contribution is 0.317. The summed E-state index contributed by atoms with van der Waals surface area (Å²) < 4.78 is 5.69. The molecule has 5 nitrogen and oxygen atoms in total. The highest BCUT2D eigenvalue weighted by molar-refractivity contribution is 8.10. The topological polar surface area (TPSA) is 54.6 Å². The highest BCUT2D eigenvalue weighted by atomic mass is 32.2. The SMILES string of the molecule is C=C(S/C=C(\N)CN1CCCN(c2c(OC)ccc3cccnc23)CC1)c1ccccc1. The summed E-state index contributed by atoms with van der Waals surface area (Å²) in [6, 6.07) is 18.4. The van der Waals surface area contributed by atoms with Crippen LogP contribution in [0, 0.1) is 0 Å². The van der Waals surface area contributed by atoms with Crippen LogP contribution < -0.4 is 15.4 Å². The van der Waals surface area contributed by atoms with Gasteiger partial charge in [-0.2, -0.15) is 0 Å². The molecule has 0 aliphatic carbocycles. The Labute approximate surface area is 194 Å². The zero-order valence-electron chi connectivity index (χ0n) is 18.5. The van der Waals surface area contributed by atoms with Gasteiger partial charge in [-0.05, 0) is 35.6 Å². The fourth-order valence-corrected chi connectivity index (χ4v) is 4.71. The van der Waals surface area contributed by atoms with E-state index in [1.807, 2.05) is 41.9 Å². The van der Waals surface area contributed by atoms with Gasteiger partial charge in [-0.3, -0.25) is 9.88 Å². The molecular formula is C26H30N4OS. The molecule has 2 heterocycles. The minimum atomic E-state index is 0.758. The van der Waals surface area contributed by atoms with E-state index in [1.54, 1.807) is 18.9 Å². The Hall–Kier alpha value is -2.96. The fourth-order valence-electron chi connectivity index (χ4n) is 4.07. The minimum Gasteiger partial charge on any atom is -0.494 e. The van der Waals surface area contributed by atoms with Crippen molar-refractivity contribution in [1.82, 2.24) is 9.88 Å². The third-order valence-electron chi connectivity index (χ3n) is 5.69. The summed E-state index contributed by atoms with van der Waals surface area (Å²) in [6.45, 7) is 8.74. The lowest BCUT2D eigenvalue weighted by atomic mass is 10.1. The van der Waals surface area contributed by atoms with E-state index < -0.39 is 0 Å². The van der Waals surface area contributed by atoms with Gasteiger partial charge in [-0.15, -0.1) is 0 Å². The van der Waals surface area contributed by atoms with Crippen LogP contribution >= 0.6 is 11.8 Å². The molecule has 1 aromatic heterocycles. The number of methoxy groups -OCH3 is 1. The average Bonchev–Trinajstić information content (AvgIpc) is 3.07. The molecule has 6 heteroatoms. The number of aromatic nitrogens is 1. The lowest BCUT2D eigenvalue weighted by Gasteiger charge is -2.26. The van der Waals surface area contributed by atoms with E-state index >= 15 is 0 Å². The van der Waals surface area contributed by atoms with E-state index in [1.165, 1.54) is 0 Å². The number of hydrogen-bond acceptors (Lipinski definition) is 6. The van der Waals surface area contributed by atoms with Gasteiger partial charge in [0.25, 0.3) is 0 Å². The number of nitrogens with zero attached hydrogens (tertiary/aromatic N) is 3. The van der Waals surface area contributed by atoms with Crippen molar-refractivity contribution in [3.8, 4) is 5.75 Å². The first-order chi connectivity index (χ1) is 15.7. The van der Waals surface area contributed by atoms with Gasteiger partial charge >= 0.3 is 0 Å². The number of thioether (sulfide) groups is 1. The second kappa shape index (κ2) is 10.6. The summed E-state index contributed by atoms with van der Waals surface area (Å²) in [5.74, 6) is 0.875. The van der Waals surface area contributed by atoms with Crippen molar-refractivity contribution < 1.29 is 4.74 Å². The zero-order valence-corrected chi connectivity index (χ0v) is 19.4. The van der Waals surface area contributed by atoms with E-state index in [-0.39, 0.29) is 0 Å². The molecule has 1 aliphatic heterocycles. The maximum atomic E-state index is 6.36. The van der Waals surface area contributed by atoms with Crippen LogP contribution in [0.4, 0.5) is 5.69 Å². The first-order valence-electron chi connectivity index (χ1n) is 10.9. The summed E-state index contributed by atoms with van der Waals surface area (Å²) in [5, 5.41) is 3.16. The number of fused-ring (bicyclic) bond motifs is 1. The molecular weight excluding hydrogens is 416 g/mol. The summed E-state index contributed by atoms with van der Waals surface area (Å²) in [4.78, 5) is 10.5. The monoisotopic (exact) mass is 446 g/mol. The number of benzene rings is 2. The van der Waals surface area contributed by atoms with Crippen molar-refractivity contribution in [2.45, 2.75) is 6.42 Å². The Balaban J connectivity index is 1.41. The average molecular weight is 447 g/mol. The largest absolute Gasteiger partial charge is 0.494 e. The van der Waals surface area contributed by atoms with Gasteiger partial charge < -0.3 is 15.4 Å². The number of hydrogen-bond donors (Lipinski definition) is 1. The number of anilines is 1. The molecule has 4 rings (SSSR count). The van der Waals surface area contributed by atoms with E-state index in [0.29, 0.717) is 0 Å². The number of rotatable bonds is 7. The van der Waals surface area contributed by atoms with Crippen molar-refractivity contribution in [2.75, 3.05) is 44.7 Å². The highest BCUT2D eigenvalue weighted by Crippen LogP contribution is 2.35. The molecule has 1 saturated heterocycles. The summed E-state index contributed by atoms with van der Waals surface area (Å²) >= 11 is 1.59. The van der Waals surface area contributed by atoms with E-state index in [9.17, 15) is 0 Å². The van der Waals surface area contributed by atoms with Crippen LogP contribution in [0.25, 0.3) is 15.8 Å². The van der Waals surface area contributed by atoms with Gasteiger partial charge in [0.1, 0.15) is 11.4 Å². The standard InChI is InChI=1S/C26H30N4OS/c1-20(21-8-4-3-5-9-21)32-19-23(27)18-29-14-7-15-30(17-16-29)26-24(31-2)12-11-22-10-6-13-28-25(22)26/h3-6,8-13,19H,1,7,14-18,27H2,2H3/b23-19-. The Bertz CT molecular complexity index is 1100. The molecule has 0 unspecified atom stereocenters. The normalized spacial score (nSPS) is 15.5. The first kappa shape index (κ1) is 22.2. The van der Waals surface area contributed by atoms with Crippen LogP contribution in [-0.4, -0.2) is 49.7 Å². The molecule has 0 bridgehead atoms. The third-order valence-corrected chi connectivity index (χ3v) is 6.63. The second-order valence-electron chi connectivity index (χ2n) is 7.91. The van der Waals surface area contributed by atoms with Crippen LogP contribution in [0.3, 0.4) is 0 Å². The van der Waals surface area contributed by atoms with Crippen molar-refractivity contribution >= 4 is 33.3 Å². The van der Waals surface area contributed by atoms with Gasteiger partial charge in [-0.1, -0.05) is 54.7 Å². The summed E-state index contributed by atoms with van der Waals surface area (Å²) in [6.07, 6.45) is 2.91. The van der Waals surface area contributed by atoms with Crippen LogP contribution in [-0.2, 0) is 0 Å². The van der Waals surface area contributed by atoms with Crippen molar-refractivity contribution in [1.29, 1.82) is 0 Å². The predicted octanol–water partition coefficient (Wildman–Crippen LogP) is 4.96. The van der Waals surface area contributed by atoms with Gasteiger partial charge in [0.2, 0.25) is 0 Å². The maximum Gasteiger partial charge on any atom is 0.144 e. The molecule has 3 aromatic rings. The molecule has 0 radical (unpaired) electrons. The quantitative estimate of drug-likeness (QED) is 0.554. The lowest BCUT2D eigenvalue weighted by Crippen LogP contribution is -2.33. The fraction of sp³-hybridized carbons (Fsp3) is 0.269. The molecule has 2 aromatic carbocycles. The van der Waals surface area contributed by atoms with Gasteiger partial charge in [0.05, 0.1) is 12.6 Å². The third kappa shape index (κ3) is 5.26.